The first-order chi connectivity index (χ1) is 6.40. The van der Waals surface area contributed by atoms with E-state index in [1.807, 2.05) is 6.92 Å². The van der Waals surface area contributed by atoms with Gasteiger partial charge in [-0.3, -0.25) is 0 Å². The average Bonchev–Trinajstić information content (AvgIpc) is 2.57. The molecule has 0 amide bonds. The molecule has 0 saturated carbocycles. The van der Waals surface area contributed by atoms with Crippen LogP contribution in [0.15, 0.2) is 36.4 Å². The third-order valence-corrected chi connectivity index (χ3v) is 2.15. The van der Waals surface area contributed by atoms with E-state index in [1.54, 1.807) is 0 Å². The summed E-state index contributed by atoms with van der Waals surface area (Å²) in [5, 5.41) is 2.61. The minimum Gasteiger partial charge on any atom is -1.00 e. The molecule has 0 fully saturated rings. The van der Waals surface area contributed by atoms with Crippen LogP contribution in [0, 0.1) is 0 Å². The van der Waals surface area contributed by atoms with Gasteiger partial charge in [-0.05, 0) is 6.92 Å². The Balaban J connectivity index is 0. The van der Waals surface area contributed by atoms with Crippen LogP contribution in [-0.2, 0) is 37.5 Å². The fraction of sp³-hybridized carbons (Fsp3) is 0.250. The molecule has 0 spiro atoms. The molecular weight excluding hydrogens is 322 g/mol. The first kappa shape index (κ1) is 18.6. The molecule has 0 N–H and O–H groups in total. The SMILES string of the molecule is CCOCc1cc2ccccc2[cH-]1.[Cl-].[Cl-].[Zr+3]. The molecule has 0 heterocycles. The van der Waals surface area contributed by atoms with E-state index < -0.39 is 0 Å². The molecule has 0 aliphatic carbocycles. The smallest absolute Gasteiger partial charge is 1.00 e. The largest absolute Gasteiger partial charge is 3.00 e. The van der Waals surface area contributed by atoms with Crippen molar-refractivity contribution in [2.75, 3.05) is 6.61 Å². The number of ether oxygens (including phenoxy) is 1. The normalized spacial score (nSPS) is 8.81. The molecule has 4 heteroatoms. The Labute approximate surface area is 128 Å². The van der Waals surface area contributed by atoms with Crippen molar-refractivity contribution in [2.45, 2.75) is 13.5 Å². The second-order valence-corrected chi connectivity index (χ2v) is 3.13. The summed E-state index contributed by atoms with van der Waals surface area (Å²) in [5.41, 5.74) is 1.27. The fourth-order valence-electron chi connectivity index (χ4n) is 1.52. The Morgan fingerprint density at radius 3 is 2.50 bits per heavy atom. The number of halogens is 2. The van der Waals surface area contributed by atoms with Gasteiger partial charge in [0.05, 0.1) is 6.61 Å². The van der Waals surface area contributed by atoms with Gasteiger partial charge in [-0.2, -0.15) is 6.07 Å². The number of rotatable bonds is 3. The van der Waals surface area contributed by atoms with Crippen molar-refractivity contribution in [1.82, 2.24) is 0 Å². The van der Waals surface area contributed by atoms with Crippen LogP contribution >= 0.6 is 0 Å². The number of hydrogen-bond acceptors (Lipinski definition) is 1. The Morgan fingerprint density at radius 2 is 1.88 bits per heavy atom. The van der Waals surface area contributed by atoms with Crippen LogP contribution in [0.2, 0.25) is 0 Å². The molecule has 2 aromatic carbocycles. The molecule has 1 nitrogen and oxygen atoms in total. The van der Waals surface area contributed by atoms with E-state index in [9.17, 15) is 0 Å². The molecule has 0 aromatic heterocycles. The van der Waals surface area contributed by atoms with Crippen molar-refractivity contribution in [3.8, 4) is 0 Å². The minimum atomic E-state index is 0. The predicted molar refractivity (Wildman–Crippen MR) is 54.9 cm³/mol. The van der Waals surface area contributed by atoms with E-state index in [2.05, 4.69) is 36.4 Å². The zero-order valence-electron chi connectivity index (χ0n) is 9.04. The molecule has 1 radical (unpaired) electrons. The van der Waals surface area contributed by atoms with Gasteiger partial charge in [0.25, 0.3) is 0 Å². The van der Waals surface area contributed by atoms with Gasteiger partial charge in [0.2, 0.25) is 0 Å². The molecule has 0 unspecified atom stereocenters. The van der Waals surface area contributed by atoms with E-state index in [4.69, 9.17) is 4.74 Å². The van der Waals surface area contributed by atoms with Crippen molar-refractivity contribution in [1.29, 1.82) is 0 Å². The summed E-state index contributed by atoms with van der Waals surface area (Å²) in [6, 6.07) is 12.8. The molecule has 0 atom stereocenters. The average molecular weight is 335 g/mol. The Bertz CT molecular complexity index is 368. The monoisotopic (exact) mass is 333 g/mol. The topological polar surface area (TPSA) is 9.23 Å². The summed E-state index contributed by atoms with van der Waals surface area (Å²) in [6.07, 6.45) is 0. The van der Waals surface area contributed by atoms with Crippen molar-refractivity contribution in [3.05, 3.63) is 42.0 Å². The molecule has 0 bridgehead atoms. The number of fused-ring (bicyclic) bond motifs is 1. The van der Waals surface area contributed by atoms with E-state index in [0.717, 1.165) is 13.2 Å². The Hall–Kier alpha value is 0.253. The van der Waals surface area contributed by atoms with Gasteiger partial charge in [-0.15, -0.1) is 40.6 Å². The fourth-order valence-corrected chi connectivity index (χ4v) is 1.52. The Kier molecular flexibility index (Phi) is 10.8. The minimum absolute atomic E-state index is 0. The zero-order valence-corrected chi connectivity index (χ0v) is 13.0. The van der Waals surface area contributed by atoms with E-state index >= 15 is 0 Å². The van der Waals surface area contributed by atoms with Gasteiger partial charge in [0.1, 0.15) is 0 Å². The molecule has 0 aliphatic rings. The van der Waals surface area contributed by atoms with Crippen LogP contribution in [0.1, 0.15) is 12.5 Å². The third-order valence-electron chi connectivity index (χ3n) is 2.15. The van der Waals surface area contributed by atoms with Crippen LogP contribution in [0.25, 0.3) is 10.8 Å². The van der Waals surface area contributed by atoms with Gasteiger partial charge in [0.15, 0.2) is 0 Å². The van der Waals surface area contributed by atoms with Crippen molar-refractivity contribution >= 4 is 10.8 Å². The van der Waals surface area contributed by atoms with Crippen LogP contribution in [-0.4, -0.2) is 6.61 Å². The number of benzene rings is 1. The van der Waals surface area contributed by atoms with Gasteiger partial charge in [-0.1, -0.05) is 6.07 Å². The summed E-state index contributed by atoms with van der Waals surface area (Å²) in [5.74, 6) is 0. The van der Waals surface area contributed by atoms with Crippen molar-refractivity contribution in [3.63, 3.8) is 0 Å². The van der Waals surface area contributed by atoms with Gasteiger partial charge in [0, 0.05) is 6.61 Å². The molecule has 0 saturated heterocycles. The van der Waals surface area contributed by atoms with Gasteiger partial charge >= 0.3 is 26.2 Å². The maximum atomic E-state index is 5.35. The molecule has 0 aliphatic heterocycles. The quantitative estimate of drug-likeness (QED) is 0.547. The summed E-state index contributed by atoms with van der Waals surface area (Å²) in [7, 11) is 0. The molecule has 2 rings (SSSR count). The van der Waals surface area contributed by atoms with Crippen LogP contribution in [0.5, 0.6) is 0 Å². The van der Waals surface area contributed by atoms with E-state index in [1.165, 1.54) is 16.3 Å². The third kappa shape index (κ3) is 4.63. The first-order valence-electron chi connectivity index (χ1n) is 4.62. The van der Waals surface area contributed by atoms with Crippen LogP contribution in [0.3, 0.4) is 0 Å². The molecule has 85 valence electrons. The summed E-state index contributed by atoms with van der Waals surface area (Å²) in [6.45, 7) is 3.52. The van der Waals surface area contributed by atoms with Gasteiger partial charge < -0.3 is 29.6 Å². The standard InChI is InChI=1S/C12H13O.2ClH.Zr/c1-2-13-9-10-7-11-5-3-4-6-12(11)8-10;;;/h3-8H,2,9H2,1H3;2*1H;/q-1;;;+3/p-2. The maximum Gasteiger partial charge on any atom is 3.00 e. The Morgan fingerprint density at radius 1 is 1.19 bits per heavy atom. The zero-order chi connectivity index (χ0) is 9.10. The van der Waals surface area contributed by atoms with Gasteiger partial charge in [-0.25, -0.2) is 0 Å². The summed E-state index contributed by atoms with van der Waals surface area (Å²) in [4.78, 5) is 0. The molecular formula is C12H13Cl2OZr. The predicted octanol–water partition coefficient (Wildman–Crippen LogP) is -2.90. The summed E-state index contributed by atoms with van der Waals surface area (Å²) < 4.78 is 5.35. The molecule has 16 heavy (non-hydrogen) atoms. The van der Waals surface area contributed by atoms with E-state index in [-0.39, 0.29) is 51.0 Å². The van der Waals surface area contributed by atoms with E-state index in [0.29, 0.717) is 0 Å². The molecule has 2 aromatic rings. The summed E-state index contributed by atoms with van der Waals surface area (Å²) >= 11 is 0. The second-order valence-electron chi connectivity index (χ2n) is 3.13. The van der Waals surface area contributed by atoms with Crippen molar-refractivity contribution < 1.29 is 55.8 Å². The first-order valence-corrected chi connectivity index (χ1v) is 4.62. The van der Waals surface area contributed by atoms with Crippen LogP contribution < -0.4 is 24.8 Å². The second kappa shape index (κ2) is 9.30. The van der Waals surface area contributed by atoms with Crippen molar-refractivity contribution in [2.24, 2.45) is 0 Å². The van der Waals surface area contributed by atoms with Crippen LogP contribution in [0.4, 0.5) is 0 Å². The maximum absolute atomic E-state index is 5.35. The number of hydrogen-bond donors (Lipinski definition) is 0.